The van der Waals surface area contributed by atoms with Crippen LogP contribution in [0.2, 0.25) is 0 Å². The van der Waals surface area contributed by atoms with Crippen LogP contribution in [-0.2, 0) is 9.47 Å². The minimum absolute atomic E-state index is 0.429. The molecule has 0 fully saturated rings. The van der Waals surface area contributed by atoms with Crippen LogP contribution < -0.4 is 5.32 Å². The summed E-state index contributed by atoms with van der Waals surface area (Å²) in [4.78, 5) is 3.98. The molecule has 1 aromatic heterocycles. The third-order valence-corrected chi connectivity index (χ3v) is 1.48. The number of hydrogen-bond acceptors (Lipinski definition) is 6. The van der Waals surface area contributed by atoms with Crippen LogP contribution >= 0.6 is 0 Å². The summed E-state index contributed by atoms with van der Waals surface area (Å²) in [5.41, 5.74) is 0. The Balaban J connectivity index is 1.99. The van der Waals surface area contributed by atoms with E-state index >= 15 is 0 Å². The average molecular weight is 201 g/mol. The van der Waals surface area contributed by atoms with Gasteiger partial charge in [0.1, 0.15) is 0 Å². The highest BCUT2D eigenvalue weighted by molar-refractivity contribution is 5.17. The highest BCUT2D eigenvalue weighted by Gasteiger charge is 1.99. The van der Waals surface area contributed by atoms with Crippen molar-refractivity contribution in [3.63, 3.8) is 0 Å². The molecule has 0 saturated heterocycles. The molecule has 1 aromatic rings. The Morgan fingerprint density at radius 1 is 1.36 bits per heavy atom. The summed E-state index contributed by atoms with van der Waals surface area (Å²) in [5.74, 6) is 0.618. The van der Waals surface area contributed by atoms with Crippen LogP contribution in [-0.4, -0.2) is 43.6 Å². The molecule has 0 amide bonds. The summed E-state index contributed by atoms with van der Waals surface area (Å²) in [5, 5.41) is 6.57. The van der Waals surface area contributed by atoms with Crippen molar-refractivity contribution >= 4 is 6.01 Å². The lowest BCUT2D eigenvalue weighted by Gasteiger charge is -2.02. The zero-order chi connectivity index (χ0) is 10.2. The topological polar surface area (TPSA) is 69.4 Å². The number of aryl methyl sites for hydroxylation is 1. The molecule has 1 N–H and O–H groups in total. The lowest BCUT2D eigenvalue weighted by Crippen LogP contribution is -2.12. The minimum Gasteiger partial charge on any atom is -0.382 e. The Labute approximate surface area is 82.6 Å². The molecule has 1 rings (SSSR count). The summed E-state index contributed by atoms with van der Waals surface area (Å²) < 4.78 is 14.9. The second-order valence-corrected chi connectivity index (χ2v) is 2.68. The molecule has 1 heterocycles. The van der Waals surface area contributed by atoms with Gasteiger partial charge in [0.2, 0.25) is 0 Å². The first kappa shape index (κ1) is 10.9. The molecular formula is C8H15N3O3. The van der Waals surface area contributed by atoms with Crippen LogP contribution in [0.5, 0.6) is 0 Å². The van der Waals surface area contributed by atoms with Gasteiger partial charge >= 0.3 is 6.01 Å². The van der Waals surface area contributed by atoms with Gasteiger partial charge in [0.25, 0.3) is 0 Å². The zero-order valence-corrected chi connectivity index (χ0v) is 8.45. The Hall–Kier alpha value is -1.14. The highest BCUT2D eigenvalue weighted by Crippen LogP contribution is 2.00. The van der Waals surface area contributed by atoms with Crippen molar-refractivity contribution in [2.75, 3.05) is 38.8 Å². The lowest BCUT2D eigenvalue weighted by molar-refractivity contribution is 0.0757. The van der Waals surface area contributed by atoms with E-state index in [9.17, 15) is 0 Å². The van der Waals surface area contributed by atoms with Crippen LogP contribution in [0.25, 0.3) is 0 Å². The van der Waals surface area contributed by atoms with Crippen LogP contribution in [0, 0.1) is 6.92 Å². The number of nitrogens with zero attached hydrogens (tertiary/aromatic N) is 2. The molecule has 80 valence electrons. The molecule has 0 aliphatic heterocycles. The molecule has 14 heavy (non-hydrogen) atoms. The smallest absolute Gasteiger partial charge is 0.321 e. The van der Waals surface area contributed by atoms with Gasteiger partial charge in [-0.3, -0.25) is 0 Å². The lowest BCUT2D eigenvalue weighted by atomic mass is 10.6. The maximum Gasteiger partial charge on any atom is 0.321 e. The predicted octanol–water partition coefficient (Wildman–Crippen LogP) is 0.453. The number of aromatic nitrogens is 2. The van der Waals surface area contributed by atoms with E-state index in [2.05, 4.69) is 15.5 Å². The van der Waals surface area contributed by atoms with E-state index < -0.39 is 0 Å². The van der Waals surface area contributed by atoms with Gasteiger partial charge in [0, 0.05) is 13.7 Å². The molecular weight excluding hydrogens is 186 g/mol. The van der Waals surface area contributed by atoms with Gasteiger partial charge in [-0.1, -0.05) is 5.16 Å². The van der Waals surface area contributed by atoms with E-state index in [1.807, 2.05) is 0 Å². The fraction of sp³-hybridized carbons (Fsp3) is 0.750. The monoisotopic (exact) mass is 201 g/mol. The van der Waals surface area contributed by atoms with Crippen molar-refractivity contribution in [1.82, 2.24) is 10.1 Å². The van der Waals surface area contributed by atoms with Crippen molar-refractivity contribution in [3.05, 3.63) is 5.82 Å². The maximum atomic E-state index is 5.23. The SMILES string of the molecule is COCCOCCNc1nc(C)no1. The van der Waals surface area contributed by atoms with Crippen LogP contribution in [0.3, 0.4) is 0 Å². The number of rotatable bonds is 7. The van der Waals surface area contributed by atoms with E-state index in [1.54, 1.807) is 14.0 Å². The Bertz CT molecular complexity index is 252. The molecule has 6 heteroatoms. The van der Waals surface area contributed by atoms with Gasteiger partial charge in [0.05, 0.1) is 19.8 Å². The molecule has 0 radical (unpaired) electrons. The van der Waals surface area contributed by atoms with Crippen molar-refractivity contribution in [3.8, 4) is 0 Å². The summed E-state index contributed by atoms with van der Waals surface area (Å²) >= 11 is 0. The molecule has 0 atom stereocenters. The second kappa shape index (κ2) is 6.33. The predicted molar refractivity (Wildman–Crippen MR) is 50.2 cm³/mol. The molecule has 0 saturated carbocycles. The normalized spacial score (nSPS) is 10.4. The molecule has 0 aliphatic rings. The number of nitrogens with one attached hydrogen (secondary N) is 1. The van der Waals surface area contributed by atoms with E-state index in [4.69, 9.17) is 14.0 Å². The third-order valence-electron chi connectivity index (χ3n) is 1.48. The fourth-order valence-electron chi connectivity index (χ4n) is 0.843. The Kier molecular flexibility index (Phi) is 4.95. The summed E-state index contributed by atoms with van der Waals surface area (Å²) in [6, 6.07) is 0.429. The summed E-state index contributed by atoms with van der Waals surface area (Å²) in [6.07, 6.45) is 0. The second-order valence-electron chi connectivity index (χ2n) is 2.68. The van der Waals surface area contributed by atoms with Gasteiger partial charge in [0.15, 0.2) is 5.82 Å². The number of anilines is 1. The maximum absolute atomic E-state index is 5.23. The number of ether oxygens (including phenoxy) is 2. The van der Waals surface area contributed by atoms with Crippen molar-refractivity contribution < 1.29 is 14.0 Å². The van der Waals surface area contributed by atoms with Gasteiger partial charge in [-0.2, -0.15) is 4.98 Å². The third kappa shape index (κ3) is 4.20. The first-order valence-electron chi connectivity index (χ1n) is 4.44. The van der Waals surface area contributed by atoms with E-state index in [-0.39, 0.29) is 0 Å². The van der Waals surface area contributed by atoms with Crippen LogP contribution in [0.4, 0.5) is 6.01 Å². The van der Waals surface area contributed by atoms with Gasteiger partial charge in [-0.15, -0.1) is 0 Å². The first-order chi connectivity index (χ1) is 6.83. The zero-order valence-electron chi connectivity index (χ0n) is 8.45. The molecule has 0 bridgehead atoms. The molecule has 6 nitrogen and oxygen atoms in total. The molecule has 0 spiro atoms. The van der Waals surface area contributed by atoms with E-state index in [0.29, 0.717) is 38.2 Å². The van der Waals surface area contributed by atoms with E-state index in [0.717, 1.165) is 0 Å². The van der Waals surface area contributed by atoms with Crippen LogP contribution in [0.1, 0.15) is 5.82 Å². The fourth-order valence-corrected chi connectivity index (χ4v) is 0.843. The van der Waals surface area contributed by atoms with Gasteiger partial charge in [-0.05, 0) is 6.92 Å². The van der Waals surface area contributed by atoms with Crippen molar-refractivity contribution in [2.45, 2.75) is 6.92 Å². The van der Waals surface area contributed by atoms with Crippen LogP contribution in [0.15, 0.2) is 4.52 Å². The Morgan fingerprint density at radius 2 is 2.21 bits per heavy atom. The largest absolute Gasteiger partial charge is 0.382 e. The Morgan fingerprint density at radius 3 is 2.86 bits per heavy atom. The average Bonchev–Trinajstić information content (AvgIpc) is 2.58. The van der Waals surface area contributed by atoms with Gasteiger partial charge in [-0.25, -0.2) is 0 Å². The summed E-state index contributed by atoms with van der Waals surface area (Å²) in [6.45, 7) is 4.21. The number of hydrogen-bond donors (Lipinski definition) is 1. The summed E-state index contributed by atoms with van der Waals surface area (Å²) in [7, 11) is 1.64. The van der Waals surface area contributed by atoms with Crippen molar-refractivity contribution in [2.24, 2.45) is 0 Å². The molecule has 0 aromatic carbocycles. The van der Waals surface area contributed by atoms with Crippen molar-refractivity contribution in [1.29, 1.82) is 0 Å². The molecule has 0 aliphatic carbocycles. The number of methoxy groups -OCH3 is 1. The van der Waals surface area contributed by atoms with E-state index in [1.165, 1.54) is 0 Å². The molecule has 0 unspecified atom stereocenters. The standard InChI is InChI=1S/C8H15N3O3/c1-7-10-8(14-11-7)9-3-4-13-6-5-12-2/h3-6H2,1-2H3,(H,9,10,11). The highest BCUT2D eigenvalue weighted by atomic mass is 16.5. The quantitative estimate of drug-likeness (QED) is 0.646. The van der Waals surface area contributed by atoms with Gasteiger partial charge < -0.3 is 19.3 Å². The first-order valence-corrected chi connectivity index (χ1v) is 4.44. The minimum atomic E-state index is 0.429.